The third-order valence-electron chi connectivity index (χ3n) is 4.65. The highest BCUT2D eigenvalue weighted by Gasteiger charge is 2.28. The lowest BCUT2D eigenvalue weighted by atomic mass is 10.1. The fourth-order valence-electron chi connectivity index (χ4n) is 3.25. The minimum atomic E-state index is -2.84. The van der Waals surface area contributed by atoms with E-state index in [2.05, 4.69) is 39.6 Å². The highest BCUT2D eigenvalue weighted by Crippen LogP contribution is 2.17. The monoisotopic (exact) mass is 496 g/mol. The molecule has 3 heterocycles. The van der Waals surface area contributed by atoms with Crippen LogP contribution in [0.15, 0.2) is 11.3 Å². The second-order valence-electron chi connectivity index (χ2n) is 7.47. The van der Waals surface area contributed by atoms with E-state index in [4.69, 9.17) is 0 Å². The Kier molecular flexibility index (Phi) is 7.68. The molecule has 1 aromatic rings. The summed E-state index contributed by atoms with van der Waals surface area (Å²) in [6.07, 6.45) is 4.22. The molecule has 1 saturated heterocycles. The Bertz CT molecular complexity index is 718. The van der Waals surface area contributed by atoms with Gasteiger partial charge in [-0.05, 0) is 24.7 Å². The predicted octanol–water partition coefficient (Wildman–Crippen LogP) is 0.837. The Morgan fingerprint density at radius 2 is 2.23 bits per heavy atom. The molecule has 26 heavy (non-hydrogen) atoms. The van der Waals surface area contributed by atoms with Crippen molar-refractivity contribution in [2.75, 3.05) is 24.6 Å². The number of aliphatic imine (C=N–C) groups is 1. The molecule has 2 aliphatic rings. The lowest BCUT2D eigenvalue weighted by Gasteiger charge is -2.26. The molecule has 1 aromatic heterocycles. The number of rotatable bonds is 5. The zero-order chi connectivity index (χ0) is 17.9. The van der Waals surface area contributed by atoms with Gasteiger partial charge in [-0.2, -0.15) is 5.10 Å². The van der Waals surface area contributed by atoms with Crippen molar-refractivity contribution in [1.82, 2.24) is 25.4 Å². The summed E-state index contributed by atoms with van der Waals surface area (Å²) >= 11 is 0. The summed E-state index contributed by atoms with van der Waals surface area (Å²) in [6.45, 7) is 6.42. The number of aromatic nitrogens is 3. The van der Waals surface area contributed by atoms with Crippen molar-refractivity contribution in [2.45, 2.75) is 45.7 Å². The average molecular weight is 496 g/mol. The Labute approximate surface area is 172 Å². The topological polar surface area (TPSA) is 101 Å². The molecule has 148 valence electrons. The maximum atomic E-state index is 11.6. The number of halogens is 1. The van der Waals surface area contributed by atoms with Crippen molar-refractivity contribution < 1.29 is 8.42 Å². The fourth-order valence-corrected chi connectivity index (χ4v) is 5.11. The first kappa shape index (κ1) is 21.4. The van der Waals surface area contributed by atoms with Crippen LogP contribution in [-0.4, -0.2) is 59.8 Å². The first-order valence-electron chi connectivity index (χ1n) is 9.03. The third-order valence-corrected chi connectivity index (χ3v) is 6.48. The maximum absolute atomic E-state index is 11.6. The van der Waals surface area contributed by atoms with Crippen molar-refractivity contribution in [3.05, 3.63) is 12.2 Å². The van der Waals surface area contributed by atoms with Gasteiger partial charge in [0.2, 0.25) is 0 Å². The van der Waals surface area contributed by atoms with Crippen LogP contribution in [0.1, 0.15) is 32.5 Å². The minimum absolute atomic E-state index is 0. The summed E-state index contributed by atoms with van der Waals surface area (Å²) in [5, 5.41) is 11.1. The normalized spacial score (nSPS) is 24.8. The van der Waals surface area contributed by atoms with Gasteiger partial charge in [-0.1, -0.05) is 13.8 Å². The number of fused-ring (bicyclic) bond motifs is 1. The zero-order valence-electron chi connectivity index (χ0n) is 15.4. The van der Waals surface area contributed by atoms with Crippen LogP contribution in [0.5, 0.6) is 0 Å². The summed E-state index contributed by atoms with van der Waals surface area (Å²) in [6, 6.07) is 0.250. The Balaban J connectivity index is 0.00000243. The molecule has 2 unspecified atom stereocenters. The second-order valence-corrected chi connectivity index (χ2v) is 9.70. The quantitative estimate of drug-likeness (QED) is 0.356. The van der Waals surface area contributed by atoms with Crippen LogP contribution in [0.4, 0.5) is 0 Å². The van der Waals surface area contributed by atoms with Crippen LogP contribution in [0.25, 0.3) is 0 Å². The van der Waals surface area contributed by atoms with Crippen LogP contribution in [0.2, 0.25) is 0 Å². The molecule has 0 radical (unpaired) electrons. The molecule has 8 nitrogen and oxygen atoms in total. The molecule has 0 spiro atoms. The first-order chi connectivity index (χ1) is 11.9. The van der Waals surface area contributed by atoms with Gasteiger partial charge in [-0.25, -0.2) is 18.1 Å². The number of nitrogens with one attached hydrogen (secondary N) is 2. The standard InChI is InChI=1S/C16H28N6O2S.HI/c1-12(2)7-17-16(18-8-13-5-6-25(23,24)10-13)21-14-3-4-15-19-11-20-22(15)9-14;/h11-14H,3-10H2,1-2H3,(H2,17,18,21);1H. The van der Waals surface area contributed by atoms with Gasteiger partial charge in [0.1, 0.15) is 12.2 Å². The van der Waals surface area contributed by atoms with Crippen molar-refractivity contribution in [3.8, 4) is 0 Å². The van der Waals surface area contributed by atoms with Crippen molar-refractivity contribution in [1.29, 1.82) is 0 Å². The molecule has 2 N–H and O–H groups in total. The first-order valence-corrected chi connectivity index (χ1v) is 10.9. The molecular weight excluding hydrogens is 467 g/mol. The predicted molar refractivity (Wildman–Crippen MR) is 113 cm³/mol. The Morgan fingerprint density at radius 3 is 2.92 bits per heavy atom. The number of hydrogen-bond donors (Lipinski definition) is 2. The lowest BCUT2D eigenvalue weighted by molar-refractivity contribution is 0.391. The third kappa shape index (κ3) is 6.07. The molecule has 2 aliphatic heterocycles. The molecule has 0 aliphatic carbocycles. The maximum Gasteiger partial charge on any atom is 0.191 e. The van der Waals surface area contributed by atoms with Gasteiger partial charge in [0.05, 0.1) is 18.1 Å². The Morgan fingerprint density at radius 1 is 1.42 bits per heavy atom. The van der Waals surface area contributed by atoms with Gasteiger partial charge in [0.25, 0.3) is 0 Å². The van der Waals surface area contributed by atoms with Gasteiger partial charge in [-0.15, -0.1) is 24.0 Å². The average Bonchev–Trinajstić information content (AvgIpc) is 3.15. The van der Waals surface area contributed by atoms with E-state index in [9.17, 15) is 8.42 Å². The van der Waals surface area contributed by atoms with E-state index in [1.807, 2.05) is 4.68 Å². The van der Waals surface area contributed by atoms with E-state index in [0.29, 0.717) is 18.2 Å². The number of guanidine groups is 1. The van der Waals surface area contributed by atoms with Crippen LogP contribution in [-0.2, 0) is 22.8 Å². The highest BCUT2D eigenvalue weighted by atomic mass is 127. The zero-order valence-corrected chi connectivity index (χ0v) is 18.5. The van der Waals surface area contributed by atoms with E-state index in [1.165, 1.54) is 0 Å². The van der Waals surface area contributed by atoms with Gasteiger partial charge >= 0.3 is 0 Å². The molecule has 0 bridgehead atoms. The lowest BCUT2D eigenvalue weighted by Crippen LogP contribution is -2.48. The van der Waals surface area contributed by atoms with Gasteiger partial charge < -0.3 is 10.6 Å². The van der Waals surface area contributed by atoms with Crippen LogP contribution in [0, 0.1) is 11.8 Å². The van der Waals surface area contributed by atoms with Crippen molar-refractivity contribution in [2.24, 2.45) is 16.8 Å². The van der Waals surface area contributed by atoms with E-state index in [1.54, 1.807) is 6.33 Å². The molecule has 3 rings (SSSR count). The fraction of sp³-hybridized carbons (Fsp3) is 0.812. The van der Waals surface area contributed by atoms with Gasteiger partial charge in [0.15, 0.2) is 15.8 Å². The highest BCUT2D eigenvalue weighted by molar-refractivity contribution is 14.0. The van der Waals surface area contributed by atoms with E-state index in [0.717, 1.165) is 44.1 Å². The molecular formula is C16H29IN6O2S. The molecule has 10 heteroatoms. The van der Waals surface area contributed by atoms with Gasteiger partial charge in [-0.3, -0.25) is 4.99 Å². The molecule has 0 amide bonds. The van der Waals surface area contributed by atoms with Crippen LogP contribution in [0.3, 0.4) is 0 Å². The number of aryl methyl sites for hydroxylation is 1. The summed E-state index contributed by atoms with van der Waals surface area (Å²) in [4.78, 5) is 8.91. The van der Waals surface area contributed by atoms with E-state index >= 15 is 0 Å². The van der Waals surface area contributed by atoms with Crippen molar-refractivity contribution in [3.63, 3.8) is 0 Å². The summed E-state index contributed by atoms with van der Waals surface area (Å²) in [5.74, 6) is 3.03. The number of nitrogens with zero attached hydrogens (tertiary/aromatic N) is 4. The van der Waals surface area contributed by atoms with Gasteiger partial charge in [0, 0.05) is 25.6 Å². The molecule has 0 aromatic carbocycles. The summed E-state index contributed by atoms with van der Waals surface area (Å²) in [7, 11) is -2.84. The second kappa shape index (κ2) is 9.34. The van der Waals surface area contributed by atoms with Crippen LogP contribution < -0.4 is 10.6 Å². The summed E-state index contributed by atoms with van der Waals surface area (Å²) < 4.78 is 25.2. The van der Waals surface area contributed by atoms with E-state index < -0.39 is 9.84 Å². The van der Waals surface area contributed by atoms with Crippen molar-refractivity contribution >= 4 is 39.8 Å². The summed E-state index contributed by atoms with van der Waals surface area (Å²) in [5.41, 5.74) is 0. The van der Waals surface area contributed by atoms with E-state index in [-0.39, 0.29) is 41.7 Å². The smallest absolute Gasteiger partial charge is 0.191 e. The Hall–Kier alpha value is -0.910. The van der Waals surface area contributed by atoms with Crippen LogP contribution >= 0.6 is 24.0 Å². The minimum Gasteiger partial charge on any atom is -0.356 e. The SMILES string of the molecule is CC(C)CN=C(NCC1CCS(=O)(=O)C1)NC1CCc2ncnn2C1.I. The largest absolute Gasteiger partial charge is 0.356 e. The number of sulfone groups is 1. The molecule has 2 atom stereocenters. The number of hydrogen-bond acceptors (Lipinski definition) is 5. The molecule has 0 saturated carbocycles. The molecule has 1 fully saturated rings.